The molecule has 2 aromatic rings. The van der Waals surface area contributed by atoms with Crippen molar-refractivity contribution in [3.8, 4) is 0 Å². The Morgan fingerprint density at radius 2 is 1.84 bits per heavy atom. The maximum absolute atomic E-state index is 4.60. The van der Waals surface area contributed by atoms with E-state index in [0.29, 0.717) is 6.04 Å². The molecule has 0 saturated heterocycles. The van der Waals surface area contributed by atoms with E-state index in [2.05, 4.69) is 33.3 Å². The van der Waals surface area contributed by atoms with Crippen LogP contribution in [0.2, 0.25) is 0 Å². The van der Waals surface area contributed by atoms with E-state index in [1.54, 1.807) is 0 Å². The van der Waals surface area contributed by atoms with E-state index in [4.69, 9.17) is 0 Å². The molecular formula is C15H22N4. The van der Waals surface area contributed by atoms with Gasteiger partial charge >= 0.3 is 0 Å². The number of aromatic amines is 1. The van der Waals surface area contributed by atoms with Crippen LogP contribution in [0.3, 0.4) is 0 Å². The fourth-order valence-electron chi connectivity index (χ4n) is 2.98. The van der Waals surface area contributed by atoms with E-state index in [1.165, 1.54) is 38.5 Å². The summed E-state index contributed by atoms with van der Waals surface area (Å²) in [5.41, 5.74) is 2.08. The predicted molar refractivity (Wildman–Crippen MR) is 78.5 cm³/mol. The monoisotopic (exact) mass is 258 g/mol. The van der Waals surface area contributed by atoms with Crippen molar-refractivity contribution in [1.29, 1.82) is 0 Å². The molecule has 19 heavy (non-hydrogen) atoms. The normalized spacial score (nSPS) is 17.6. The van der Waals surface area contributed by atoms with Crippen molar-refractivity contribution in [2.75, 3.05) is 5.32 Å². The van der Waals surface area contributed by atoms with Crippen LogP contribution in [0.4, 0.5) is 5.82 Å². The molecule has 0 amide bonds. The van der Waals surface area contributed by atoms with E-state index in [0.717, 1.165) is 28.4 Å². The van der Waals surface area contributed by atoms with Crippen molar-refractivity contribution < 1.29 is 0 Å². The van der Waals surface area contributed by atoms with Crippen molar-refractivity contribution in [1.82, 2.24) is 15.0 Å². The number of anilines is 1. The van der Waals surface area contributed by atoms with Gasteiger partial charge in [0.05, 0.1) is 5.39 Å². The van der Waals surface area contributed by atoms with Gasteiger partial charge in [0.1, 0.15) is 17.3 Å². The number of fused-ring (bicyclic) bond motifs is 1. The van der Waals surface area contributed by atoms with E-state index in [9.17, 15) is 0 Å². The first-order chi connectivity index (χ1) is 9.22. The molecule has 1 aliphatic rings. The zero-order chi connectivity index (χ0) is 13.2. The Balaban J connectivity index is 1.90. The Morgan fingerprint density at radius 3 is 2.58 bits per heavy atom. The number of nitrogens with zero attached hydrogens (tertiary/aromatic N) is 2. The maximum Gasteiger partial charge on any atom is 0.143 e. The standard InChI is InChI=1S/C15H22N4/c1-10-9-13-14(16-10)17-11(2)18-15(13)19-12-7-5-3-4-6-8-12/h9,12H,3-8H2,1-2H3,(H2,16,17,18,19). The largest absolute Gasteiger partial charge is 0.367 e. The van der Waals surface area contributed by atoms with Crippen LogP contribution in [0.15, 0.2) is 6.07 Å². The number of aryl methyl sites for hydroxylation is 2. The molecule has 2 N–H and O–H groups in total. The summed E-state index contributed by atoms with van der Waals surface area (Å²) in [7, 11) is 0. The average Bonchev–Trinajstić information content (AvgIpc) is 2.59. The minimum Gasteiger partial charge on any atom is -0.367 e. The molecule has 4 heteroatoms. The summed E-state index contributed by atoms with van der Waals surface area (Å²) in [5, 5.41) is 4.76. The van der Waals surface area contributed by atoms with Gasteiger partial charge in [0.15, 0.2) is 0 Å². The Labute approximate surface area is 114 Å². The van der Waals surface area contributed by atoms with Gasteiger partial charge in [-0.3, -0.25) is 0 Å². The number of hydrogen-bond donors (Lipinski definition) is 2. The van der Waals surface area contributed by atoms with Crippen LogP contribution in [0, 0.1) is 13.8 Å². The first-order valence-corrected chi connectivity index (χ1v) is 7.33. The highest BCUT2D eigenvalue weighted by atomic mass is 15.1. The number of aromatic nitrogens is 3. The SMILES string of the molecule is Cc1nc(NC2CCCCCC2)c2cc(C)[nH]c2n1. The molecule has 2 heterocycles. The average molecular weight is 258 g/mol. The molecule has 0 aromatic carbocycles. The fraction of sp³-hybridized carbons (Fsp3) is 0.600. The fourth-order valence-corrected chi connectivity index (χ4v) is 2.98. The van der Waals surface area contributed by atoms with Gasteiger partial charge in [0, 0.05) is 11.7 Å². The number of rotatable bonds is 2. The Bertz CT molecular complexity index is 565. The molecule has 0 unspecified atom stereocenters. The topological polar surface area (TPSA) is 53.6 Å². The molecule has 0 bridgehead atoms. The highest BCUT2D eigenvalue weighted by Gasteiger charge is 2.15. The lowest BCUT2D eigenvalue weighted by molar-refractivity contribution is 0.618. The van der Waals surface area contributed by atoms with Crippen molar-refractivity contribution in [2.24, 2.45) is 0 Å². The van der Waals surface area contributed by atoms with Crippen molar-refractivity contribution in [3.63, 3.8) is 0 Å². The van der Waals surface area contributed by atoms with E-state index in [1.807, 2.05) is 6.92 Å². The van der Waals surface area contributed by atoms with E-state index >= 15 is 0 Å². The summed E-state index contributed by atoms with van der Waals surface area (Å²) in [5.74, 6) is 1.82. The van der Waals surface area contributed by atoms with Gasteiger partial charge in [-0.15, -0.1) is 0 Å². The van der Waals surface area contributed by atoms with Gasteiger partial charge in [-0.2, -0.15) is 0 Å². The second-order valence-electron chi connectivity index (χ2n) is 5.67. The van der Waals surface area contributed by atoms with Crippen LogP contribution in [0.25, 0.3) is 11.0 Å². The third-order valence-corrected chi connectivity index (χ3v) is 3.93. The highest BCUT2D eigenvalue weighted by Crippen LogP contribution is 2.25. The van der Waals surface area contributed by atoms with Crippen LogP contribution in [-0.4, -0.2) is 21.0 Å². The van der Waals surface area contributed by atoms with E-state index in [-0.39, 0.29) is 0 Å². The van der Waals surface area contributed by atoms with Crippen molar-refractivity contribution in [2.45, 2.75) is 58.4 Å². The van der Waals surface area contributed by atoms with Gasteiger partial charge in [-0.25, -0.2) is 9.97 Å². The third kappa shape index (κ3) is 2.72. The van der Waals surface area contributed by atoms with Gasteiger partial charge < -0.3 is 10.3 Å². The van der Waals surface area contributed by atoms with Gasteiger partial charge in [0.2, 0.25) is 0 Å². The van der Waals surface area contributed by atoms with Crippen molar-refractivity contribution >= 4 is 16.9 Å². The second kappa shape index (κ2) is 5.19. The number of H-pyrrole nitrogens is 1. The van der Waals surface area contributed by atoms with Crippen LogP contribution < -0.4 is 5.32 Å². The molecular weight excluding hydrogens is 236 g/mol. The highest BCUT2D eigenvalue weighted by molar-refractivity contribution is 5.87. The molecule has 1 saturated carbocycles. The molecule has 102 valence electrons. The molecule has 1 fully saturated rings. The quantitative estimate of drug-likeness (QED) is 0.807. The molecule has 3 rings (SSSR count). The second-order valence-corrected chi connectivity index (χ2v) is 5.67. The smallest absolute Gasteiger partial charge is 0.143 e. The minimum atomic E-state index is 0.565. The zero-order valence-electron chi connectivity index (χ0n) is 11.8. The lowest BCUT2D eigenvalue weighted by Gasteiger charge is -2.17. The summed E-state index contributed by atoms with van der Waals surface area (Å²) in [6.07, 6.45) is 7.93. The summed E-state index contributed by atoms with van der Waals surface area (Å²) >= 11 is 0. The van der Waals surface area contributed by atoms with Crippen LogP contribution in [-0.2, 0) is 0 Å². The minimum absolute atomic E-state index is 0.565. The van der Waals surface area contributed by atoms with Crippen LogP contribution in [0.5, 0.6) is 0 Å². The first kappa shape index (κ1) is 12.5. The molecule has 4 nitrogen and oxygen atoms in total. The molecule has 1 aliphatic carbocycles. The molecule has 0 aliphatic heterocycles. The lowest BCUT2D eigenvalue weighted by atomic mass is 10.1. The molecule has 0 atom stereocenters. The summed E-state index contributed by atoms with van der Waals surface area (Å²) in [6.45, 7) is 4.01. The third-order valence-electron chi connectivity index (χ3n) is 3.93. The molecule has 0 spiro atoms. The Hall–Kier alpha value is -1.58. The number of nitrogens with one attached hydrogen (secondary N) is 2. The van der Waals surface area contributed by atoms with Crippen LogP contribution >= 0.6 is 0 Å². The molecule has 2 aromatic heterocycles. The van der Waals surface area contributed by atoms with E-state index < -0.39 is 0 Å². The van der Waals surface area contributed by atoms with Crippen LogP contribution in [0.1, 0.15) is 50.0 Å². The predicted octanol–water partition coefficient (Wildman–Crippen LogP) is 3.71. The molecule has 0 radical (unpaired) electrons. The Morgan fingerprint density at radius 1 is 1.11 bits per heavy atom. The number of hydrogen-bond acceptors (Lipinski definition) is 3. The maximum atomic E-state index is 4.60. The summed E-state index contributed by atoms with van der Waals surface area (Å²) in [4.78, 5) is 12.4. The van der Waals surface area contributed by atoms with Gasteiger partial charge in [-0.05, 0) is 32.8 Å². The first-order valence-electron chi connectivity index (χ1n) is 7.33. The van der Waals surface area contributed by atoms with Gasteiger partial charge in [0.25, 0.3) is 0 Å². The Kier molecular flexibility index (Phi) is 3.40. The van der Waals surface area contributed by atoms with Gasteiger partial charge in [-0.1, -0.05) is 25.7 Å². The summed E-state index contributed by atoms with van der Waals surface area (Å²) < 4.78 is 0. The summed E-state index contributed by atoms with van der Waals surface area (Å²) in [6, 6.07) is 2.70. The zero-order valence-corrected chi connectivity index (χ0v) is 11.8. The lowest BCUT2D eigenvalue weighted by Crippen LogP contribution is -2.19. The van der Waals surface area contributed by atoms with Crippen molar-refractivity contribution in [3.05, 3.63) is 17.6 Å².